The number of hydrogen-bond acceptors (Lipinski definition) is 7. The average Bonchev–Trinajstić information content (AvgIpc) is 3.49. The number of amides is 1. The number of nitrogens with one attached hydrogen (secondary N) is 1. The van der Waals surface area contributed by atoms with E-state index in [-0.39, 0.29) is 35.1 Å². The molecular formula is C25H28F2N2O5S2. The van der Waals surface area contributed by atoms with Crippen molar-refractivity contribution in [2.45, 2.75) is 54.8 Å². The molecular weight excluding hydrogens is 510 g/mol. The maximum absolute atomic E-state index is 13.1. The van der Waals surface area contributed by atoms with Crippen molar-refractivity contribution in [3.8, 4) is 0 Å². The number of alkyl halides is 2. The molecule has 1 atom stereocenters. The van der Waals surface area contributed by atoms with Crippen LogP contribution in [0.3, 0.4) is 0 Å². The third kappa shape index (κ3) is 6.76. The quantitative estimate of drug-likeness (QED) is 0.360. The molecule has 194 valence electrons. The zero-order chi connectivity index (χ0) is 25.7. The van der Waals surface area contributed by atoms with Crippen molar-refractivity contribution >= 4 is 44.9 Å². The summed E-state index contributed by atoms with van der Waals surface area (Å²) in [5.74, 6) is -3.57. The Morgan fingerprint density at radius 1 is 1.03 bits per heavy atom. The molecule has 2 aromatic carbocycles. The standard InChI is InChI=1S/C25H28F2N2O5S2/c26-25(27)35-20-11-9-17(10-12-20)28-22-8-4-3-7-21(22)24(31)34-15-23(30)29(18-5-1-2-6-18)19-13-14-36(32,33)16-19/h3-4,7-12,18-19,25,28H,1-2,5-6,13-16H2/t19-/m1/s1. The minimum Gasteiger partial charge on any atom is -0.452 e. The van der Waals surface area contributed by atoms with Crippen molar-refractivity contribution in [3.63, 3.8) is 0 Å². The number of benzene rings is 2. The number of rotatable bonds is 9. The SMILES string of the molecule is O=C(OCC(=O)N(C1CCCC1)[C@@H]1CCS(=O)(=O)C1)c1ccccc1Nc1ccc(SC(F)F)cc1. The lowest BCUT2D eigenvalue weighted by Crippen LogP contribution is -2.48. The van der Waals surface area contributed by atoms with Crippen LogP contribution in [-0.4, -0.2) is 61.1 Å². The molecule has 0 unspecified atom stereocenters. The van der Waals surface area contributed by atoms with Crippen molar-refractivity contribution in [1.82, 2.24) is 4.90 Å². The molecule has 1 saturated carbocycles. The Kier molecular flexibility index (Phi) is 8.50. The van der Waals surface area contributed by atoms with Gasteiger partial charge in [-0.15, -0.1) is 0 Å². The van der Waals surface area contributed by atoms with Crippen molar-refractivity contribution in [1.29, 1.82) is 0 Å². The Morgan fingerprint density at radius 2 is 1.72 bits per heavy atom. The molecule has 36 heavy (non-hydrogen) atoms. The first kappa shape index (κ1) is 26.4. The van der Waals surface area contributed by atoms with Crippen LogP contribution in [-0.2, 0) is 19.4 Å². The zero-order valence-corrected chi connectivity index (χ0v) is 21.2. The van der Waals surface area contributed by atoms with E-state index in [1.807, 2.05) is 0 Å². The van der Waals surface area contributed by atoms with Gasteiger partial charge in [0.15, 0.2) is 16.4 Å². The number of esters is 1. The largest absolute Gasteiger partial charge is 0.452 e. The van der Waals surface area contributed by atoms with Crippen LogP contribution in [0.4, 0.5) is 20.2 Å². The minimum absolute atomic E-state index is 0.0327. The third-order valence-corrected chi connectivity index (χ3v) is 8.91. The van der Waals surface area contributed by atoms with E-state index in [4.69, 9.17) is 4.74 Å². The first-order valence-corrected chi connectivity index (χ1v) is 14.5. The Hall–Kier alpha value is -2.66. The predicted molar refractivity (Wildman–Crippen MR) is 134 cm³/mol. The summed E-state index contributed by atoms with van der Waals surface area (Å²) in [4.78, 5) is 28.1. The van der Waals surface area contributed by atoms with Crippen molar-refractivity contribution in [2.24, 2.45) is 0 Å². The first-order chi connectivity index (χ1) is 17.2. The second-order valence-electron chi connectivity index (χ2n) is 8.95. The van der Waals surface area contributed by atoms with Gasteiger partial charge in [-0.2, -0.15) is 8.78 Å². The van der Waals surface area contributed by atoms with E-state index in [0.29, 0.717) is 34.5 Å². The van der Waals surface area contributed by atoms with Gasteiger partial charge in [0.1, 0.15) is 0 Å². The molecule has 0 aromatic heterocycles. The highest BCUT2D eigenvalue weighted by atomic mass is 32.2. The van der Waals surface area contributed by atoms with Gasteiger partial charge in [-0.25, -0.2) is 13.2 Å². The number of nitrogens with zero attached hydrogens (tertiary/aromatic N) is 1. The van der Waals surface area contributed by atoms with Crippen LogP contribution in [0.15, 0.2) is 53.4 Å². The number of carbonyl (C=O) groups is 2. The number of hydrogen-bond donors (Lipinski definition) is 1. The maximum atomic E-state index is 13.1. The third-order valence-electron chi connectivity index (χ3n) is 6.44. The summed E-state index contributed by atoms with van der Waals surface area (Å²) >= 11 is 0.446. The second-order valence-corrected chi connectivity index (χ2v) is 12.2. The molecule has 2 fully saturated rings. The number of ether oxygens (including phenoxy) is 1. The van der Waals surface area contributed by atoms with Crippen LogP contribution in [0.5, 0.6) is 0 Å². The predicted octanol–water partition coefficient (Wildman–Crippen LogP) is 4.86. The molecule has 7 nitrogen and oxygen atoms in total. The molecule has 1 amide bonds. The van der Waals surface area contributed by atoms with E-state index >= 15 is 0 Å². The van der Waals surface area contributed by atoms with E-state index in [2.05, 4.69) is 5.32 Å². The van der Waals surface area contributed by atoms with Crippen LogP contribution in [0.2, 0.25) is 0 Å². The molecule has 1 saturated heterocycles. The molecule has 0 bridgehead atoms. The van der Waals surface area contributed by atoms with Gasteiger partial charge in [0.25, 0.3) is 11.7 Å². The van der Waals surface area contributed by atoms with Gasteiger partial charge < -0.3 is 15.0 Å². The van der Waals surface area contributed by atoms with Crippen LogP contribution in [0, 0.1) is 0 Å². The van der Waals surface area contributed by atoms with E-state index in [0.717, 1.165) is 25.7 Å². The fourth-order valence-electron chi connectivity index (χ4n) is 4.81. The number of para-hydroxylation sites is 1. The van der Waals surface area contributed by atoms with Crippen LogP contribution in [0.1, 0.15) is 42.5 Å². The number of anilines is 2. The fraction of sp³-hybridized carbons (Fsp3) is 0.440. The molecule has 1 aliphatic carbocycles. The van der Waals surface area contributed by atoms with E-state index in [1.54, 1.807) is 53.4 Å². The zero-order valence-electron chi connectivity index (χ0n) is 19.6. The maximum Gasteiger partial charge on any atom is 0.340 e. The number of halogens is 2. The highest BCUT2D eigenvalue weighted by Crippen LogP contribution is 2.30. The molecule has 1 N–H and O–H groups in total. The van der Waals surface area contributed by atoms with Gasteiger partial charge in [-0.3, -0.25) is 4.79 Å². The van der Waals surface area contributed by atoms with Crippen LogP contribution in [0.25, 0.3) is 0 Å². The van der Waals surface area contributed by atoms with Gasteiger partial charge in [0, 0.05) is 22.7 Å². The number of thioether (sulfide) groups is 1. The van der Waals surface area contributed by atoms with E-state index < -0.39 is 28.2 Å². The van der Waals surface area contributed by atoms with Crippen molar-refractivity contribution < 1.29 is 31.5 Å². The lowest BCUT2D eigenvalue weighted by molar-refractivity contribution is -0.139. The molecule has 11 heteroatoms. The lowest BCUT2D eigenvalue weighted by Gasteiger charge is -2.33. The molecule has 2 aliphatic rings. The highest BCUT2D eigenvalue weighted by molar-refractivity contribution is 7.99. The molecule has 1 heterocycles. The average molecular weight is 539 g/mol. The van der Waals surface area contributed by atoms with Gasteiger partial charge >= 0.3 is 5.97 Å². The summed E-state index contributed by atoms with van der Waals surface area (Å²) in [6.07, 6.45) is 4.00. The Bertz CT molecular complexity index is 1190. The second kappa shape index (κ2) is 11.6. The first-order valence-electron chi connectivity index (χ1n) is 11.8. The van der Waals surface area contributed by atoms with Gasteiger partial charge in [0.05, 0.1) is 22.8 Å². The molecule has 2 aromatic rings. The summed E-state index contributed by atoms with van der Waals surface area (Å²) in [5, 5.41) is 3.08. The molecule has 0 spiro atoms. The number of sulfone groups is 1. The van der Waals surface area contributed by atoms with Crippen molar-refractivity contribution in [3.05, 3.63) is 54.1 Å². The molecule has 1 aliphatic heterocycles. The Labute approximate surface area is 213 Å². The van der Waals surface area contributed by atoms with Crippen LogP contribution < -0.4 is 5.32 Å². The number of carbonyl (C=O) groups excluding carboxylic acids is 2. The topological polar surface area (TPSA) is 92.8 Å². The summed E-state index contributed by atoms with van der Waals surface area (Å²) < 4.78 is 54.5. The summed E-state index contributed by atoms with van der Waals surface area (Å²) in [5.41, 5.74) is 1.26. The fourth-order valence-corrected chi connectivity index (χ4v) is 7.02. The summed E-state index contributed by atoms with van der Waals surface area (Å²) in [6.45, 7) is -0.472. The van der Waals surface area contributed by atoms with Gasteiger partial charge in [-0.1, -0.05) is 36.7 Å². The lowest BCUT2D eigenvalue weighted by atomic mass is 10.1. The van der Waals surface area contributed by atoms with Crippen molar-refractivity contribution in [2.75, 3.05) is 23.4 Å². The smallest absolute Gasteiger partial charge is 0.340 e. The van der Waals surface area contributed by atoms with Crippen LogP contribution >= 0.6 is 11.8 Å². The molecule has 0 radical (unpaired) electrons. The minimum atomic E-state index is -3.17. The highest BCUT2D eigenvalue weighted by Gasteiger charge is 2.39. The molecule has 4 rings (SSSR count). The Morgan fingerprint density at radius 3 is 2.36 bits per heavy atom. The van der Waals surface area contributed by atoms with E-state index in [1.165, 1.54) is 0 Å². The summed E-state index contributed by atoms with van der Waals surface area (Å²) in [6, 6.07) is 12.6. The van der Waals surface area contributed by atoms with E-state index in [9.17, 15) is 26.8 Å². The van der Waals surface area contributed by atoms with Gasteiger partial charge in [0.2, 0.25) is 0 Å². The van der Waals surface area contributed by atoms with Gasteiger partial charge in [-0.05, 0) is 55.7 Å². The Balaban J connectivity index is 1.41. The monoisotopic (exact) mass is 538 g/mol. The summed E-state index contributed by atoms with van der Waals surface area (Å²) in [7, 11) is -3.17. The normalized spacial score (nSPS) is 19.4.